The molecule has 0 saturated carbocycles. The number of benzene rings is 1. The van der Waals surface area contributed by atoms with Gasteiger partial charge >= 0.3 is 0 Å². The lowest BCUT2D eigenvalue weighted by Crippen LogP contribution is -2.26. The Morgan fingerprint density at radius 3 is 2.71 bits per heavy atom. The van der Waals surface area contributed by atoms with Gasteiger partial charge < -0.3 is 9.73 Å². The Balaban J connectivity index is 1.67. The van der Waals surface area contributed by atoms with Gasteiger partial charge in [0.25, 0.3) is 0 Å². The zero-order chi connectivity index (χ0) is 14.9. The van der Waals surface area contributed by atoms with Gasteiger partial charge in [0.2, 0.25) is 5.91 Å². The molecule has 1 aromatic carbocycles. The molecule has 2 aromatic rings. The van der Waals surface area contributed by atoms with Crippen LogP contribution >= 0.6 is 0 Å². The first-order valence-electron chi connectivity index (χ1n) is 6.62. The summed E-state index contributed by atoms with van der Waals surface area (Å²) in [6, 6.07) is 13.2. The Morgan fingerprint density at radius 2 is 2.00 bits per heavy atom. The number of rotatable bonds is 7. The van der Waals surface area contributed by atoms with Gasteiger partial charge in [-0.2, -0.15) is 0 Å². The molecule has 0 aliphatic carbocycles. The van der Waals surface area contributed by atoms with Gasteiger partial charge in [0.05, 0.1) is 6.26 Å². The van der Waals surface area contributed by atoms with Crippen LogP contribution in [-0.2, 0) is 21.3 Å². The van der Waals surface area contributed by atoms with E-state index in [1.54, 1.807) is 24.5 Å². The lowest BCUT2D eigenvalue weighted by Gasteiger charge is -2.03. The van der Waals surface area contributed by atoms with Crippen LogP contribution in [0.1, 0.15) is 11.3 Å². The molecule has 1 N–H and O–H groups in total. The molecule has 1 aromatic heterocycles. The maximum atomic E-state index is 11.9. The second-order valence-corrected chi connectivity index (χ2v) is 5.99. The van der Waals surface area contributed by atoms with Crippen molar-refractivity contribution in [1.82, 2.24) is 5.32 Å². The third-order valence-electron chi connectivity index (χ3n) is 2.74. The SMILES string of the molecule is O=C(/C=C/c1ccco1)NCC[S@](=O)Cc1ccccc1. The second kappa shape index (κ2) is 8.21. The molecule has 0 unspecified atom stereocenters. The molecule has 0 bridgehead atoms. The van der Waals surface area contributed by atoms with E-state index in [4.69, 9.17) is 4.42 Å². The van der Waals surface area contributed by atoms with E-state index < -0.39 is 10.8 Å². The van der Waals surface area contributed by atoms with Gasteiger partial charge in [-0.1, -0.05) is 30.3 Å². The average molecular weight is 303 g/mol. The summed E-state index contributed by atoms with van der Waals surface area (Å²) < 4.78 is 16.9. The molecule has 0 saturated heterocycles. The van der Waals surface area contributed by atoms with Crippen LogP contribution in [0.3, 0.4) is 0 Å². The highest BCUT2D eigenvalue weighted by Gasteiger charge is 2.02. The molecule has 1 amide bonds. The second-order valence-electron chi connectivity index (χ2n) is 4.41. The van der Waals surface area contributed by atoms with E-state index in [0.29, 0.717) is 23.8 Å². The third kappa shape index (κ3) is 5.79. The summed E-state index contributed by atoms with van der Waals surface area (Å²) in [5.41, 5.74) is 1.04. The van der Waals surface area contributed by atoms with Crippen molar-refractivity contribution in [2.24, 2.45) is 0 Å². The molecule has 5 heteroatoms. The number of amides is 1. The number of carbonyl (C=O) groups is 1. The van der Waals surface area contributed by atoms with Gasteiger partial charge in [-0.15, -0.1) is 0 Å². The Hall–Kier alpha value is -2.14. The summed E-state index contributed by atoms with van der Waals surface area (Å²) in [4.78, 5) is 11.5. The summed E-state index contributed by atoms with van der Waals surface area (Å²) in [5, 5.41) is 2.70. The van der Waals surface area contributed by atoms with E-state index in [0.717, 1.165) is 5.56 Å². The average Bonchev–Trinajstić information content (AvgIpc) is 2.99. The van der Waals surface area contributed by atoms with Crippen LogP contribution in [0, 0.1) is 0 Å². The Labute approximate surface area is 126 Å². The van der Waals surface area contributed by atoms with Gasteiger partial charge in [0.15, 0.2) is 0 Å². The van der Waals surface area contributed by atoms with Crippen LogP contribution in [-0.4, -0.2) is 22.4 Å². The fraction of sp³-hybridized carbons (Fsp3) is 0.188. The summed E-state index contributed by atoms with van der Waals surface area (Å²) in [5.74, 6) is 1.36. The van der Waals surface area contributed by atoms with E-state index >= 15 is 0 Å². The Morgan fingerprint density at radius 1 is 1.19 bits per heavy atom. The largest absolute Gasteiger partial charge is 0.465 e. The minimum atomic E-state index is -0.978. The number of carbonyl (C=O) groups excluding carboxylic acids is 1. The molecule has 0 aliphatic rings. The van der Waals surface area contributed by atoms with E-state index in [-0.39, 0.29) is 5.91 Å². The number of hydrogen-bond acceptors (Lipinski definition) is 3. The summed E-state index contributed by atoms with van der Waals surface area (Å²) >= 11 is 0. The zero-order valence-electron chi connectivity index (χ0n) is 11.5. The number of furan rings is 1. The molecule has 1 heterocycles. The smallest absolute Gasteiger partial charge is 0.244 e. The normalized spacial score (nSPS) is 12.4. The monoisotopic (exact) mass is 303 g/mol. The lowest BCUT2D eigenvalue weighted by molar-refractivity contribution is -0.116. The fourth-order valence-electron chi connectivity index (χ4n) is 1.72. The first kappa shape index (κ1) is 15.3. The van der Waals surface area contributed by atoms with Crippen LogP contribution in [0.25, 0.3) is 6.08 Å². The quantitative estimate of drug-likeness (QED) is 0.799. The molecule has 4 nitrogen and oxygen atoms in total. The highest BCUT2D eigenvalue weighted by Crippen LogP contribution is 2.03. The van der Waals surface area contributed by atoms with Crippen molar-refractivity contribution in [3.8, 4) is 0 Å². The van der Waals surface area contributed by atoms with Crippen LogP contribution < -0.4 is 5.32 Å². The van der Waals surface area contributed by atoms with Crippen molar-refractivity contribution in [3.63, 3.8) is 0 Å². The summed E-state index contributed by atoms with van der Waals surface area (Å²) in [6.45, 7) is 0.390. The van der Waals surface area contributed by atoms with Crippen LogP contribution in [0.4, 0.5) is 0 Å². The molecular formula is C16H17NO3S. The molecule has 21 heavy (non-hydrogen) atoms. The molecule has 0 fully saturated rings. The predicted molar refractivity (Wildman–Crippen MR) is 83.9 cm³/mol. The predicted octanol–water partition coefficient (Wildman–Crippen LogP) is 2.36. The standard InChI is InChI=1S/C16H17NO3S/c18-16(9-8-15-7-4-11-20-15)17-10-12-21(19)13-14-5-2-1-3-6-14/h1-9,11H,10,12-13H2,(H,17,18)/b9-8+/t21-/m0/s1. The van der Waals surface area contributed by atoms with E-state index in [2.05, 4.69) is 5.32 Å². The van der Waals surface area contributed by atoms with Gasteiger partial charge in [-0.3, -0.25) is 9.00 Å². The van der Waals surface area contributed by atoms with Crippen LogP contribution in [0.2, 0.25) is 0 Å². The van der Waals surface area contributed by atoms with E-state index in [9.17, 15) is 9.00 Å². The first-order valence-corrected chi connectivity index (χ1v) is 8.11. The van der Waals surface area contributed by atoms with E-state index in [1.807, 2.05) is 30.3 Å². The zero-order valence-corrected chi connectivity index (χ0v) is 12.3. The molecule has 2 rings (SSSR count). The molecule has 0 aliphatic heterocycles. The van der Waals surface area contributed by atoms with Gasteiger partial charge in [-0.05, 0) is 23.8 Å². The molecule has 0 radical (unpaired) electrons. The van der Waals surface area contributed by atoms with Gasteiger partial charge in [0.1, 0.15) is 5.76 Å². The first-order chi connectivity index (χ1) is 10.2. The molecule has 0 spiro atoms. The highest BCUT2D eigenvalue weighted by molar-refractivity contribution is 7.84. The fourth-order valence-corrected chi connectivity index (χ4v) is 2.76. The van der Waals surface area contributed by atoms with Crippen LogP contribution in [0.5, 0.6) is 0 Å². The minimum Gasteiger partial charge on any atom is -0.465 e. The van der Waals surface area contributed by atoms with Gasteiger partial charge in [-0.25, -0.2) is 0 Å². The van der Waals surface area contributed by atoms with Crippen molar-refractivity contribution in [2.75, 3.05) is 12.3 Å². The number of hydrogen-bond donors (Lipinski definition) is 1. The van der Waals surface area contributed by atoms with Crippen molar-refractivity contribution >= 4 is 22.8 Å². The minimum absolute atomic E-state index is 0.219. The molecular weight excluding hydrogens is 286 g/mol. The maximum Gasteiger partial charge on any atom is 0.244 e. The highest BCUT2D eigenvalue weighted by atomic mass is 32.2. The van der Waals surface area contributed by atoms with Crippen molar-refractivity contribution in [3.05, 3.63) is 66.1 Å². The third-order valence-corrected chi connectivity index (χ3v) is 4.06. The van der Waals surface area contributed by atoms with Crippen molar-refractivity contribution < 1.29 is 13.4 Å². The maximum absolute atomic E-state index is 11.9. The summed E-state index contributed by atoms with van der Waals surface area (Å²) in [7, 11) is -0.978. The van der Waals surface area contributed by atoms with Crippen LogP contribution in [0.15, 0.2) is 59.2 Å². The summed E-state index contributed by atoms with van der Waals surface area (Å²) in [6.07, 6.45) is 4.54. The van der Waals surface area contributed by atoms with Crippen molar-refractivity contribution in [1.29, 1.82) is 0 Å². The molecule has 1 atom stereocenters. The lowest BCUT2D eigenvalue weighted by atomic mass is 10.2. The van der Waals surface area contributed by atoms with E-state index in [1.165, 1.54) is 6.08 Å². The molecule has 110 valence electrons. The number of nitrogens with one attached hydrogen (secondary N) is 1. The van der Waals surface area contributed by atoms with Crippen molar-refractivity contribution in [2.45, 2.75) is 5.75 Å². The topological polar surface area (TPSA) is 59.3 Å². The van der Waals surface area contributed by atoms with Gasteiger partial charge in [0, 0.05) is 34.9 Å². The Kier molecular flexibility index (Phi) is 5.97. The Bertz CT molecular complexity index is 606.